The maximum atomic E-state index is 13.4. The van der Waals surface area contributed by atoms with Crippen molar-refractivity contribution in [2.24, 2.45) is 0 Å². The fraction of sp³-hybridized carbons (Fsp3) is 0.261. The van der Waals surface area contributed by atoms with E-state index in [4.69, 9.17) is 0 Å². The highest BCUT2D eigenvalue weighted by atomic mass is 19.1. The molecule has 0 saturated heterocycles. The average Bonchev–Trinajstić information content (AvgIpc) is 3.18. The van der Waals surface area contributed by atoms with E-state index in [0.29, 0.717) is 16.6 Å². The molecule has 4 aromatic rings. The summed E-state index contributed by atoms with van der Waals surface area (Å²) in [6.45, 7) is 0. The second-order valence-electron chi connectivity index (χ2n) is 7.92. The molecule has 0 unspecified atom stereocenters. The van der Waals surface area contributed by atoms with Gasteiger partial charge in [0, 0.05) is 28.2 Å². The second-order valence-corrected chi connectivity index (χ2v) is 7.92. The Bertz CT molecular complexity index is 1300. The summed E-state index contributed by atoms with van der Waals surface area (Å²) in [6, 6.07) is 13.8. The molecule has 6 nitrogen and oxygen atoms in total. The Kier molecular flexibility index (Phi) is 4.58. The van der Waals surface area contributed by atoms with Gasteiger partial charge in [-0.15, -0.1) is 0 Å². The SMILES string of the molecule is O=C(NC1CCC(c2n[nH]c(=O)c3ccccc23)CC1)c1cc2ccc(F)cc2[nH]1. The number of nitrogens with one attached hydrogen (secondary N) is 3. The van der Waals surface area contributed by atoms with Crippen LogP contribution in [0.3, 0.4) is 0 Å². The van der Waals surface area contributed by atoms with Gasteiger partial charge < -0.3 is 10.3 Å². The van der Waals surface area contributed by atoms with Gasteiger partial charge in [0.25, 0.3) is 11.5 Å². The van der Waals surface area contributed by atoms with Gasteiger partial charge in [-0.05, 0) is 56.0 Å². The summed E-state index contributed by atoms with van der Waals surface area (Å²) < 4.78 is 13.4. The van der Waals surface area contributed by atoms with Crippen LogP contribution < -0.4 is 10.9 Å². The van der Waals surface area contributed by atoms with Crippen molar-refractivity contribution >= 4 is 27.6 Å². The van der Waals surface area contributed by atoms with Gasteiger partial charge in [-0.25, -0.2) is 9.49 Å². The molecule has 0 spiro atoms. The molecule has 7 heteroatoms. The third kappa shape index (κ3) is 3.36. The number of amides is 1. The Labute approximate surface area is 171 Å². The van der Waals surface area contributed by atoms with Crippen LogP contribution in [-0.4, -0.2) is 27.1 Å². The molecule has 5 rings (SSSR count). The number of nitrogens with zero attached hydrogens (tertiary/aromatic N) is 1. The lowest BCUT2D eigenvalue weighted by atomic mass is 9.82. The number of aromatic amines is 2. The summed E-state index contributed by atoms with van der Waals surface area (Å²) in [7, 11) is 0. The molecule has 0 radical (unpaired) electrons. The zero-order chi connectivity index (χ0) is 20.7. The minimum Gasteiger partial charge on any atom is -0.350 e. The highest BCUT2D eigenvalue weighted by Crippen LogP contribution is 2.34. The van der Waals surface area contributed by atoms with Crippen molar-refractivity contribution in [3.8, 4) is 0 Å². The van der Waals surface area contributed by atoms with Gasteiger partial charge in [-0.2, -0.15) is 5.10 Å². The number of fused-ring (bicyclic) bond motifs is 2. The standard InChI is InChI=1S/C23H21FN4O2/c24-15-8-5-14-11-20(26-19(14)12-15)23(30)25-16-9-6-13(7-10-16)21-17-3-1-2-4-18(17)22(29)28-27-21/h1-5,8,11-13,16,26H,6-7,9-10H2,(H,25,30)(H,28,29). The molecular formula is C23H21FN4O2. The van der Waals surface area contributed by atoms with Crippen LogP contribution >= 0.6 is 0 Å². The maximum absolute atomic E-state index is 13.4. The topological polar surface area (TPSA) is 90.6 Å². The number of halogens is 1. The normalized spacial score (nSPS) is 19.2. The van der Waals surface area contributed by atoms with Gasteiger partial charge in [-0.3, -0.25) is 9.59 Å². The molecule has 1 aliphatic rings. The van der Waals surface area contributed by atoms with Crippen LogP contribution in [0.1, 0.15) is 47.8 Å². The van der Waals surface area contributed by atoms with Gasteiger partial charge in [0.05, 0.1) is 11.1 Å². The monoisotopic (exact) mass is 404 g/mol. The predicted molar refractivity (Wildman–Crippen MR) is 113 cm³/mol. The van der Waals surface area contributed by atoms with Crippen LogP contribution in [0.25, 0.3) is 21.7 Å². The molecule has 0 aliphatic heterocycles. The number of hydrogen-bond acceptors (Lipinski definition) is 3. The third-order valence-electron chi connectivity index (χ3n) is 6.00. The first-order valence-electron chi connectivity index (χ1n) is 10.1. The van der Waals surface area contributed by atoms with E-state index in [-0.39, 0.29) is 29.2 Å². The van der Waals surface area contributed by atoms with E-state index in [1.165, 1.54) is 12.1 Å². The largest absolute Gasteiger partial charge is 0.350 e. The smallest absolute Gasteiger partial charge is 0.272 e. The fourth-order valence-corrected chi connectivity index (χ4v) is 4.44. The van der Waals surface area contributed by atoms with Gasteiger partial charge in [0.2, 0.25) is 0 Å². The number of rotatable bonds is 3. The lowest BCUT2D eigenvalue weighted by molar-refractivity contribution is 0.0921. The quantitative estimate of drug-likeness (QED) is 0.482. The molecule has 0 bridgehead atoms. The predicted octanol–water partition coefficient (Wildman–Crippen LogP) is 4.00. The minimum atomic E-state index is -0.335. The van der Waals surface area contributed by atoms with Crippen molar-refractivity contribution in [1.29, 1.82) is 0 Å². The molecule has 0 atom stereocenters. The van der Waals surface area contributed by atoms with Crippen molar-refractivity contribution in [3.05, 3.63) is 76.1 Å². The number of hydrogen-bond donors (Lipinski definition) is 3. The number of carbonyl (C=O) groups is 1. The average molecular weight is 404 g/mol. The van der Waals surface area contributed by atoms with Crippen LogP contribution in [0.4, 0.5) is 4.39 Å². The molecule has 1 aliphatic carbocycles. The van der Waals surface area contributed by atoms with Gasteiger partial charge in [-0.1, -0.05) is 18.2 Å². The van der Waals surface area contributed by atoms with Crippen molar-refractivity contribution in [3.63, 3.8) is 0 Å². The summed E-state index contributed by atoms with van der Waals surface area (Å²) in [5.41, 5.74) is 1.80. The molecule has 2 heterocycles. The van der Waals surface area contributed by atoms with Crippen molar-refractivity contribution in [1.82, 2.24) is 20.5 Å². The Hall–Kier alpha value is -3.48. The van der Waals surface area contributed by atoms with Gasteiger partial charge in [0.1, 0.15) is 11.5 Å². The van der Waals surface area contributed by atoms with Gasteiger partial charge in [0.15, 0.2) is 0 Å². The molecule has 3 N–H and O–H groups in total. The molecule has 1 fully saturated rings. The summed E-state index contributed by atoms with van der Waals surface area (Å²) in [6.07, 6.45) is 3.43. The van der Waals surface area contributed by atoms with Crippen LogP contribution in [0.15, 0.2) is 53.3 Å². The third-order valence-corrected chi connectivity index (χ3v) is 6.00. The maximum Gasteiger partial charge on any atom is 0.272 e. The lowest BCUT2D eigenvalue weighted by Crippen LogP contribution is -2.37. The Morgan fingerprint density at radius 1 is 1.03 bits per heavy atom. The van der Waals surface area contributed by atoms with E-state index in [1.54, 1.807) is 12.1 Å². The van der Waals surface area contributed by atoms with E-state index in [9.17, 15) is 14.0 Å². The highest BCUT2D eigenvalue weighted by Gasteiger charge is 2.26. The fourth-order valence-electron chi connectivity index (χ4n) is 4.44. The zero-order valence-electron chi connectivity index (χ0n) is 16.2. The first-order valence-corrected chi connectivity index (χ1v) is 10.1. The Balaban J connectivity index is 1.27. The summed E-state index contributed by atoms with van der Waals surface area (Å²) >= 11 is 0. The summed E-state index contributed by atoms with van der Waals surface area (Å²) in [4.78, 5) is 27.6. The van der Waals surface area contributed by atoms with Crippen LogP contribution in [0.5, 0.6) is 0 Å². The number of benzene rings is 2. The molecule has 152 valence electrons. The number of H-pyrrole nitrogens is 2. The summed E-state index contributed by atoms with van der Waals surface area (Å²) in [5, 5.41) is 12.4. The first-order chi connectivity index (χ1) is 14.6. The molecule has 1 saturated carbocycles. The van der Waals surface area contributed by atoms with Crippen LogP contribution in [-0.2, 0) is 0 Å². The van der Waals surface area contributed by atoms with Crippen molar-refractivity contribution < 1.29 is 9.18 Å². The molecule has 2 aromatic carbocycles. The number of aromatic nitrogens is 3. The minimum absolute atomic E-state index is 0.0749. The van der Waals surface area contributed by atoms with E-state index < -0.39 is 0 Å². The molecule has 1 amide bonds. The zero-order valence-corrected chi connectivity index (χ0v) is 16.2. The van der Waals surface area contributed by atoms with E-state index >= 15 is 0 Å². The van der Waals surface area contributed by atoms with E-state index in [2.05, 4.69) is 20.5 Å². The Morgan fingerprint density at radius 2 is 1.80 bits per heavy atom. The number of carbonyl (C=O) groups excluding carboxylic acids is 1. The van der Waals surface area contributed by atoms with Crippen molar-refractivity contribution in [2.75, 3.05) is 0 Å². The van der Waals surface area contributed by atoms with Crippen molar-refractivity contribution in [2.45, 2.75) is 37.6 Å². The lowest BCUT2D eigenvalue weighted by Gasteiger charge is -2.29. The van der Waals surface area contributed by atoms with Gasteiger partial charge >= 0.3 is 0 Å². The summed E-state index contributed by atoms with van der Waals surface area (Å²) in [5.74, 6) is -0.267. The molecule has 2 aromatic heterocycles. The van der Waals surface area contributed by atoms with Crippen LogP contribution in [0, 0.1) is 5.82 Å². The second kappa shape index (κ2) is 7.40. The van der Waals surface area contributed by atoms with E-state index in [0.717, 1.165) is 42.1 Å². The first kappa shape index (κ1) is 18.5. The molecular weight excluding hydrogens is 383 g/mol. The Morgan fingerprint density at radius 3 is 2.60 bits per heavy atom. The molecule has 30 heavy (non-hydrogen) atoms. The van der Waals surface area contributed by atoms with Crippen LogP contribution in [0.2, 0.25) is 0 Å². The highest BCUT2D eigenvalue weighted by molar-refractivity contribution is 5.98. The van der Waals surface area contributed by atoms with E-state index in [1.807, 2.05) is 24.3 Å².